The highest BCUT2D eigenvalue weighted by atomic mass is 32.2. The van der Waals surface area contributed by atoms with Gasteiger partial charge in [0.1, 0.15) is 0 Å². The second-order valence-corrected chi connectivity index (χ2v) is 6.86. The fourth-order valence-electron chi connectivity index (χ4n) is 3.00. The Kier molecular flexibility index (Phi) is 5.53. The first-order chi connectivity index (χ1) is 11.7. The van der Waals surface area contributed by atoms with Gasteiger partial charge >= 0.3 is 0 Å². The van der Waals surface area contributed by atoms with Crippen molar-refractivity contribution in [1.29, 1.82) is 0 Å². The molecular formula is C19H23NO3S. The van der Waals surface area contributed by atoms with E-state index in [0.29, 0.717) is 28.7 Å². The minimum atomic E-state index is 0.359. The lowest BCUT2D eigenvalue weighted by atomic mass is 10.1. The van der Waals surface area contributed by atoms with Crippen LogP contribution >= 0.6 is 11.8 Å². The molecule has 1 fully saturated rings. The Hall–Kier alpha value is -1.85. The second-order valence-electron chi connectivity index (χ2n) is 5.73. The smallest absolute Gasteiger partial charge is 0.203 e. The number of rotatable bonds is 6. The van der Waals surface area contributed by atoms with E-state index in [-0.39, 0.29) is 0 Å². The lowest BCUT2D eigenvalue weighted by molar-refractivity contribution is 0.323. The van der Waals surface area contributed by atoms with E-state index in [4.69, 9.17) is 14.2 Å². The van der Waals surface area contributed by atoms with Crippen LogP contribution in [0.25, 0.3) is 0 Å². The molecule has 2 aromatic carbocycles. The molecule has 1 aliphatic rings. The van der Waals surface area contributed by atoms with Crippen molar-refractivity contribution in [2.24, 2.45) is 0 Å². The largest absolute Gasteiger partial charge is 0.493 e. The fraction of sp³-hybridized carbons (Fsp3) is 0.368. The van der Waals surface area contributed by atoms with Gasteiger partial charge in [-0.05, 0) is 29.7 Å². The third kappa shape index (κ3) is 3.62. The van der Waals surface area contributed by atoms with E-state index in [1.807, 2.05) is 23.9 Å². The van der Waals surface area contributed by atoms with Gasteiger partial charge in [-0.15, -0.1) is 11.8 Å². The summed E-state index contributed by atoms with van der Waals surface area (Å²) in [4.78, 5) is 0. The maximum absolute atomic E-state index is 5.44. The molecule has 1 saturated heterocycles. The molecule has 5 heteroatoms. The predicted molar refractivity (Wildman–Crippen MR) is 98.4 cm³/mol. The molecule has 0 bridgehead atoms. The monoisotopic (exact) mass is 345 g/mol. The minimum Gasteiger partial charge on any atom is -0.493 e. The molecule has 1 aliphatic heterocycles. The molecule has 24 heavy (non-hydrogen) atoms. The van der Waals surface area contributed by atoms with Crippen LogP contribution in [0, 0.1) is 0 Å². The zero-order valence-electron chi connectivity index (χ0n) is 14.2. The summed E-state index contributed by atoms with van der Waals surface area (Å²) in [6, 6.07) is 15.1. The molecule has 1 N–H and O–H groups in total. The zero-order valence-corrected chi connectivity index (χ0v) is 15.1. The van der Waals surface area contributed by atoms with Gasteiger partial charge in [-0.3, -0.25) is 5.32 Å². The zero-order chi connectivity index (χ0) is 16.9. The van der Waals surface area contributed by atoms with Gasteiger partial charge in [0, 0.05) is 11.8 Å². The first kappa shape index (κ1) is 17.0. The van der Waals surface area contributed by atoms with Crippen molar-refractivity contribution in [1.82, 2.24) is 5.32 Å². The number of ether oxygens (including phenoxy) is 3. The van der Waals surface area contributed by atoms with Gasteiger partial charge in [-0.1, -0.05) is 30.3 Å². The van der Waals surface area contributed by atoms with Gasteiger partial charge in [0.15, 0.2) is 11.5 Å². The molecule has 1 heterocycles. The number of hydrogen-bond acceptors (Lipinski definition) is 5. The first-order valence-electron chi connectivity index (χ1n) is 7.96. The summed E-state index contributed by atoms with van der Waals surface area (Å²) in [7, 11) is 4.92. The van der Waals surface area contributed by atoms with Gasteiger partial charge in [-0.25, -0.2) is 0 Å². The van der Waals surface area contributed by atoms with E-state index in [2.05, 4.69) is 35.6 Å². The summed E-state index contributed by atoms with van der Waals surface area (Å²) in [6.07, 6.45) is 0.924. The molecule has 0 saturated carbocycles. The van der Waals surface area contributed by atoms with Crippen LogP contribution in [0.1, 0.15) is 16.5 Å². The normalized spacial score (nSPS) is 20.0. The quantitative estimate of drug-likeness (QED) is 0.865. The van der Waals surface area contributed by atoms with Crippen molar-refractivity contribution in [2.45, 2.75) is 17.8 Å². The number of methoxy groups -OCH3 is 3. The fourth-order valence-corrected chi connectivity index (χ4v) is 4.28. The topological polar surface area (TPSA) is 39.7 Å². The summed E-state index contributed by atoms with van der Waals surface area (Å²) in [5.74, 6) is 3.13. The molecule has 0 aliphatic carbocycles. The minimum absolute atomic E-state index is 0.359. The molecule has 0 aromatic heterocycles. The standard InChI is InChI=1S/C19H23NO3S/c1-21-16-10-13(11-17(22-2)18(16)23-3)9-15-12-24-19(20-15)14-7-5-4-6-8-14/h4-8,10-11,15,19-20H,9,12H2,1-3H3. The summed E-state index contributed by atoms with van der Waals surface area (Å²) < 4.78 is 16.3. The Labute approximate surface area is 147 Å². The van der Waals surface area contributed by atoms with Crippen LogP contribution < -0.4 is 19.5 Å². The summed E-state index contributed by atoms with van der Waals surface area (Å²) in [5.41, 5.74) is 2.51. The molecular weight excluding hydrogens is 322 g/mol. The van der Waals surface area contributed by atoms with Crippen molar-refractivity contribution < 1.29 is 14.2 Å². The number of thioether (sulfide) groups is 1. The highest BCUT2D eigenvalue weighted by Gasteiger charge is 2.26. The second kappa shape index (κ2) is 7.81. The van der Waals surface area contributed by atoms with Crippen molar-refractivity contribution >= 4 is 11.8 Å². The maximum Gasteiger partial charge on any atom is 0.203 e. The Balaban J connectivity index is 1.73. The predicted octanol–water partition coefficient (Wildman–Crippen LogP) is 3.66. The van der Waals surface area contributed by atoms with Gasteiger partial charge in [0.05, 0.1) is 26.7 Å². The molecule has 128 valence electrons. The average molecular weight is 345 g/mol. The highest BCUT2D eigenvalue weighted by Crippen LogP contribution is 2.39. The summed E-state index contributed by atoms with van der Waals surface area (Å²) in [5, 5.41) is 4.07. The van der Waals surface area contributed by atoms with E-state index in [1.54, 1.807) is 21.3 Å². The van der Waals surface area contributed by atoms with Gasteiger partial charge in [0.2, 0.25) is 5.75 Å². The van der Waals surface area contributed by atoms with Crippen molar-refractivity contribution in [3.63, 3.8) is 0 Å². The number of hydrogen-bond donors (Lipinski definition) is 1. The van der Waals surface area contributed by atoms with Crippen molar-refractivity contribution in [2.75, 3.05) is 27.1 Å². The third-order valence-electron chi connectivity index (χ3n) is 4.16. The molecule has 0 spiro atoms. The van der Waals surface area contributed by atoms with Crippen LogP contribution in [0.4, 0.5) is 0 Å². The van der Waals surface area contributed by atoms with Crippen LogP contribution in [0.3, 0.4) is 0 Å². The van der Waals surface area contributed by atoms with Gasteiger partial charge in [0.25, 0.3) is 0 Å². The average Bonchev–Trinajstić information content (AvgIpc) is 3.10. The Bertz CT molecular complexity index is 653. The SMILES string of the molecule is COc1cc(CC2CSC(c3ccccc3)N2)cc(OC)c1OC. The van der Waals surface area contributed by atoms with E-state index >= 15 is 0 Å². The molecule has 3 rings (SSSR count). The Morgan fingerprint density at radius 1 is 1.00 bits per heavy atom. The van der Waals surface area contributed by atoms with Crippen molar-refractivity contribution in [3.8, 4) is 17.2 Å². The van der Waals surface area contributed by atoms with Crippen LogP contribution in [-0.2, 0) is 6.42 Å². The van der Waals surface area contributed by atoms with Crippen LogP contribution in [-0.4, -0.2) is 33.1 Å². The van der Waals surface area contributed by atoms with Gasteiger partial charge in [-0.2, -0.15) is 0 Å². The molecule has 2 aromatic rings. The van der Waals surface area contributed by atoms with Crippen LogP contribution in [0.15, 0.2) is 42.5 Å². The highest BCUT2D eigenvalue weighted by molar-refractivity contribution is 7.99. The molecule has 2 unspecified atom stereocenters. The number of benzene rings is 2. The van der Waals surface area contributed by atoms with E-state index < -0.39 is 0 Å². The van der Waals surface area contributed by atoms with Crippen LogP contribution in [0.5, 0.6) is 17.2 Å². The molecule has 0 radical (unpaired) electrons. The van der Waals surface area contributed by atoms with E-state index in [0.717, 1.165) is 12.2 Å². The lowest BCUT2D eigenvalue weighted by Crippen LogP contribution is -2.27. The maximum atomic E-state index is 5.44. The lowest BCUT2D eigenvalue weighted by Gasteiger charge is -2.17. The van der Waals surface area contributed by atoms with E-state index in [9.17, 15) is 0 Å². The third-order valence-corrected chi connectivity index (χ3v) is 5.50. The summed E-state index contributed by atoms with van der Waals surface area (Å²) in [6.45, 7) is 0. The Morgan fingerprint density at radius 3 is 2.25 bits per heavy atom. The van der Waals surface area contributed by atoms with E-state index in [1.165, 1.54) is 11.1 Å². The summed E-state index contributed by atoms with van der Waals surface area (Å²) >= 11 is 1.95. The number of nitrogens with one attached hydrogen (secondary N) is 1. The molecule has 2 atom stereocenters. The molecule has 4 nitrogen and oxygen atoms in total. The van der Waals surface area contributed by atoms with Gasteiger partial charge < -0.3 is 14.2 Å². The van der Waals surface area contributed by atoms with Crippen LogP contribution in [0.2, 0.25) is 0 Å². The van der Waals surface area contributed by atoms with Crippen molar-refractivity contribution in [3.05, 3.63) is 53.6 Å². The molecule has 0 amide bonds. The first-order valence-corrected chi connectivity index (χ1v) is 9.01. The Morgan fingerprint density at radius 2 is 1.67 bits per heavy atom.